The average Bonchev–Trinajstić information content (AvgIpc) is 2.13. The molecule has 0 heterocycles. The molecule has 0 amide bonds. The highest BCUT2D eigenvalue weighted by atomic mass is 16.3. The Morgan fingerprint density at radius 3 is 1.76 bits per heavy atom. The van der Waals surface area contributed by atoms with Crippen molar-refractivity contribution in [2.45, 2.75) is 59.5 Å². The number of benzene rings is 1. The van der Waals surface area contributed by atoms with E-state index in [2.05, 4.69) is 45.0 Å². The summed E-state index contributed by atoms with van der Waals surface area (Å²) in [6.45, 7) is 10.5. The summed E-state index contributed by atoms with van der Waals surface area (Å²) in [5.74, 6) is 0. The van der Waals surface area contributed by atoms with Crippen LogP contribution in [0.25, 0.3) is 0 Å². The summed E-state index contributed by atoms with van der Waals surface area (Å²) < 4.78 is 0. The Morgan fingerprint density at radius 1 is 0.882 bits per heavy atom. The van der Waals surface area contributed by atoms with Crippen LogP contribution in [-0.2, 0) is 12.8 Å². The Labute approximate surface area is 106 Å². The summed E-state index contributed by atoms with van der Waals surface area (Å²) in [6, 6.07) is 8.64. The third-order valence-corrected chi connectivity index (χ3v) is 2.82. The van der Waals surface area contributed by atoms with E-state index in [0.29, 0.717) is 11.8 Å². The molecule has 1 rings (SSSR count). The van der Waals surface area contributed by atoms with Gasteiger partial charge in [0.25, 0.3) is 0 Å². The van der Waals surface area contributed by atoms with E-state index in [-0.39, 0.29) is 0 Å². The Kier molecular flexibility index (Phi) is 4.37. The zero-order valence-corrected chi connectivity index (χ0v) is 11.9. The van der Waals surface area contributed by atoms with Gasteiger partial charge in [-0.15, -0.1) is 0 Å². The van der Waals surface area contributed by atoms with Crippen LogP contribution < -0.4 is 0 Å². The van der Waals surface area contributed by atoms with Gasteiger partial charge < -0.3 is 5.11 Å². The number of aryl methyl sites for hydroxylation is 1. The van der Waals surface area contributed by atoms with Crippen molar-refractivity contribution in [3.8, 4) is 0 Å². The molecule has 0 atom stereocenters. The summed E-state index contributed by atoms with van der Waals surface area (Å²) in [5, 5.41) is 9.75. The number of hydrogen-bond acceptors (Lipinski definition) is 1. The van der Waals surface area contributed by atoms with Crippen LogP contribution in [0.5, 0.6) is 0 Å². The quantitative estimate of drug-likeness (QED) is 0.835. The average molecular weight is 234 g/mol. The SMILES string of the molecule is CC(C)(C)CCc1ccc(CC(C)(C)O)cc1. The molecule has 1 aromatic carbocycles. The van der Waals surface area contributed by atoms with Crippen molar-refractivity contribution in [1.82, 2.24) is 0 Å². The zero-order valence-electron chi connectivity index (χ0n) is 11.9. The maximum absolute atomic E-state index is 9.75. The molecule has 0 bridgehead atoms. The zero-order chi connectivity index (χ0) is 13.1. The van der Waals surface area contributed by atoms with Crippen molar-refractivity contribution in [2.24, 2.45) is 5.41 Å². The van der Waals surface area contributed by atoms with Gasteiger partial charge in [-0.2, -0.15) is 0 Å². The summed E-state index contributed by atoms with van der Waals surface area (Å²) in [7, 11) is 0. The summed E-state index contributed by atoms with van der Waals surface area (Å²) in [5.41, 5.74) is 2.37. The fourth-order valence-electron chi connectivity index (χ4n) is 1.84. The van der Waals surface area contributed by atoms with Crippen molar-refractivity contribution < 1.29 is 5.11 Å². The molecule has 1 N–H and O–H groups in total. The van der Waals surface area contributed by atoms with Gasteiger partial charge in [-0.25, -0.2) is 0 Å². The predicted molar refractivity (Wildman–Crippen MR) is 74.2 cm³/mol. The second-order valence-corrected chi connectivity index (χ2v) is 6.87. The molecule has 0 aliphatic carbocycles. The third-order valence-electron chi connectivity index (χ3n) is 2.82. The van der Waals surface area contributed by atoms with E-state index in [9.17, 15) is 5.11 Å². The van der Waals surface area contributed by atoms with Crippen LogP contribution in [0.4, 0.5) is 0 Å². The molecule has 0 aromatic heterocycles. The van der Waals surface area contributed by atoms with Gasteiger partial charge in [0.05, 0.1) is 5.60 Å². The van der Waals surface area contributed by atoms with E-state index < -0.39 is 5.60 Å². The van der Waals surface area contributed by atoms with Crippen LogP contribution >= 0.6 is 0 Å². The van der Waals surface area contributed by atoms with Crippen molar-refractivity contribution in [3.05, 3.63) is 35.4 Å². The number of aliphatic hydroxyl groups is 1. The minimum absolute atomic E-state index is 0.395. The normalized spacial score (nSPS) is 12.8. The molecule has 1 aromatic rings. The topological polar surface area (TPSA) is 20.2 Å². The molecule has 0 aliphatic rings. The van der Waals surface area contributed by atoms with Crippen LogP contribution in [-0.4, -0.2) is 10.7 Å². The molecular weight excluding hydrogens is 208 g/mol. The standard InChI is InChI=1S/C16H26O/c1-15(2,3)11-10-13-6-8-14(9-7-13)12-16(4,5)17/h6-9,17H,10-12H2,1-5H3. The molecule has 0 radical (unpaired) electrons. The lowest BCUT2D eigenvalue weighted by Gasteiger charge is -2.19. The smallest absolute Gasteiger partial charge is 0.0631 e. The van der Waals surface area contributed by atoms with E-state index in [1.54, 1.807) is 0 Å². The van der Waals surface area contributed by atoms with Crippen LogP contribution in [0.3, 0.4) is 0 Å². The minimum Gasteiger partial charge on any atom is -0.390 e. The van der Waals surface area contributed by atoms with E-state index >= 15 is 0 Å². The van der Waals surface area contributed by atoms with Gasteiger partial charge in [-0.3, -0.25) is 0 Å². The summed E-state index contributed by atoms with van der Waals surface area (Å²) in [4.78, 5) is 0. The highest BCUT2D eigenvalue weighted by Crippen LogP contribution is 2.22. The molecule has 0 saturated carbocycles. The molecule has 96 valence electrons. The molecule has 1 nitrogen and oxygen atoms in total. The van der Waals surface area contributed by atoms with E-state index in [1.165, 1.54) is 17.5 Å². The first kappa shape index (κ1) is 14.2. The van der Waals surface area contributed by atoms with Gasteiger partial charge in [0.15, 0.2) is 0 Å². The first-order valence-electron chi connectivity index (χ1n) is 6.46. The molecule has 0 saturated heterocycles. The predicted octanol–water partition coefficient (Wildman–Crippen LogP) is 3.98. The first-order chi connectivity index (χ1) is 7.66. The van der Waals surface area contributed by atoms with Crippen molar-refractivity contribution in [1.29, 1.82) is 0 Å². The molecule has 0 spiro atoms. The lowest BCUT2D eigenvalue weighted by atomic mass is 9.88. The lowest BCUT2D eigenvalue weighted by Crippen LogP contribution is -2.21. The van der Waals surface area contributed by atoms with Crippen LogP contribution in [0.1, 0.15) is 52.2 Å². The minimum atomic E-state index is -0.618. The highest BCUT2D eigenvalue weighted by Gasteiger charge is 2.13. The van der Waals surface area contributed by atoms with Gasteiger partial charge in [0.2, 0.25) is 0 Å². The Morgan fingerprint density at radius 2 is 1.35 bits per heavy atom. The Bertz CT molecular complexity index is 335. The van der Waals surface area contributed by atoms with Gasteiger partial charge in [0, 0.05) is 6.42 Å². The molecule has 0 aliphatic heterocycles. The Balaban J connectivity index is 2.56. The second-order valence-electron chi connectivity index (χ2n) is 6.87. The first-order valence-corrected chi connectivity index (χ1v) is 6.46. The van der Waals surface area contributed by atoms with Crippen LogP contribution in [0.15, 0.2) is 24.3 Å². The highest BCUT2D eigenvalue weighted by molar-refractivity contribution is 5.23. The van der Waals surface area contributed by atoms with E-state index in [0.717, 1.165) is 6.42 Å². The van der Waals surface area contributed by atoms with E-state index in [4.69, 9.17) is 0 Å². The second kappa shape index (κ2) is 5.22. The maximum atomic E-state index is 9.75. The molecule has 0 fully saturated rings. The van der Waals surface area contributed by atoms with Gasteiger partial charge >= 0.3 is 0 Å². The summed E-state index contributed by atoms with van der Waals surface area (Å²) >= 11 is 0. The van der Waals surface area contributed by atoms with Gasteiger partial charge in [-0.05, 0) is 43.2 Å². The molecular formula is C16H26O. The van der Waals surface area contributed by atoms with Crippen molar-refractivity contribution in [2.75, 3.05) is 0 Å². The molecule has 0 unspecified atom stereocenters. The largest absolute Gasteiger partial charge is 0.390 e. The molecule has 17 heavy (non-hydrogen) atoms. The fourth-order valence-corrected chi connectivity index (χ4v) is 1.84. The van der Waals surface area contributed by atoms with Crippen molar-refractivity contribution in [3.63, 3.8) is 0 Å². The Hall–Kier alpha value is -0.820. The monoisotopic (exact) mass is 234 g/mol. The van der Waals surface area contributed by atoms with Crippen molar-refractivity contribution >= 4 is 0 Å². The number of rotatable bonds is 4. The summed E-state index contributed by atoms with van der Waals surface area (Å²) in [6.07, 6.45) is 3.05. The van der Waals surface area contributed by atoms with E-state index in [1.807, 2.05) is 13.8 Å². The third kappa shape index (κ3) is 6.48. The lowest BCUT2D eigenvalue weighted by molar-refractivity contribution is 0.0810. The number of hydrogen-bond donors (Lipinski definition) is 1. The van der Waals surface area contributed by atoms with Gasteiger partial charge in [-0.1, -0.05) is 45.0 Å². The van der Waals surface area contributed by atoms with Crippen LogP contribution in [0.2, 0.25) is 0 Å². The van der Waals surface area contributed by atoms with Crippen LogP contribution in [0, 0.1) is 5.41 Å². The molecule has 1 heteroatoms. The maximum Gasteiger partial charge on any atom is 0.0631 e. The van der Waals surface area contributed by atoms with Gasteiger partial charge in [0.1, 0.15) is 0 Å². The fraction of sp³-hybridized carbons (Fsp3) is 0.625.